The molecule has 0 amide bonds. The van der Waals surface area contributed by atoms with E-state index < -0.39 is 0 Å². The molecule has 0 aliphatic rings. The lowest BCUT2D eigenvalue weighted by molar-refractivity contribution is -0.0932. The summed E-state index contributed by atoms with van der Waals surface area (Å²) in [5.41, 5.74) is 0. The first-order chi connectivity index (χ1) is 14.8. The second-order valence-electron chi connectivity index (χ2n) is 6.06. The average Bonchev–Trinajstić information content (AvgIpc) is 2.75. The van der Waals surface area contributed by atoms with E-state index >= 15 is 0 Å². The molecule has 30 heavy (non-hydrogen) atoms. The molecule has 1 atom stereocenters. The van der Waals surface area contributed by atoms with Gasteiger partial charge in [-0.15, -0.1) is 0 Å². The van der Waals surface area contributed by atoms with Crippen molar-refractivity contribution in [2.24, 2.45) is 0 Å². The molecule has 0 saturated carbocycles. The summed E-state index contributed by atoms with van der Waals surface area (Å²) in [6.07, 6.45) is -0.565. The molecular weight excluding hydrogens is 404 g/mol. The number of ether oxygens (including phenoxy) is 8. The van der Waals surface area contributed by atoms with Gasteiger partial charge in [-0.25, -0.2) is 0 Å². The first-order valence-corrected chi connectivity index (χ1v) is 10.2. The van der Waals surface area contributed by atoms with Gasteiger partial charge in [0.1, 0.15) is 12.2 Å². The Balaban J connectivity index is 3.88. The van der Waals surface area contributed by atoms with Crippen molar-refractivity contribution >= 4 is 0 Å². The third-order valence-electron chi connectivity index (χ3n) is 3.52. The van der Waals surface area contributed by atoms with Gasteiger partial charge in [-0.3, -0.25) is 0 Å². The zero-order valence-electron chi connectivity index (χ0n) is 18.1. The highest BCUT2D eigenvalue weighted by molar-refractivity contribution is 4.57. The van der Waals surface area contributed by atoms with Crippen LogP contribution in [-0.2, 0) is 37.9 Å². The number of methoxy groups -OCH3 is 1. The van der Waals surface area contributed by atoms with Crippen LogP contribution in [0.2, 0.25) is 0 Å². The molecule has 0 rings (SSSR count). The van der Waals surface area contributed by atoms with Crippen molar-refractivity contribution in [2.75, 3.05) is 113 Å². The lowest BCUT2D eigenvalue weighted by atomic mass is 10.4. The predicted molar refractivity (Wildman–Crippen MR) is 107 cm³/mol. The molecule has 0 aromatic heterocycles. The lowest BCUT2D eigenvalue weighted by Crippen LogP contribution is -2.29. The molecule has 11 heteroatoms. The molecule has 0 spiro atoms. The van der Waals surface area contributed by atoms with Crippen molar-refractivity contribution in [3.05, 3.63) is 0 Å². The van der Waals surface area contributed by atoms with Gasteiger partial charge in [-0.2, -0.15) is 0 Å². The standard InChI is InChI=1S/C19H40O11/c1-23-8-9-28-17-19(16-27-7-4-22)30-13-11-24-10-12-29-18(14-25-5-2-20)15-26-6-3-21/h18-22H,2-17H2,1H3. The highest BCUT2D eigenvalue weighted by atomic mass is 16.6. The molecule has 0 aromatic rings. The Bertz CT molecular complexity index is 313. The van der Waals surface area contributed by atoms with E-state index in [0.29, 0.717) is 52.9 Å². The van der Waals surface area contributed by atoms with Gasteiger partial charge in [0.2, 0.25) is 0 Å². The molecule has 0 bridgehead atoms. The first kappa shape index (κ1) is 29.6. The summed E-state index contributed by atoms with van der Waals surface area (Å²) in [6, 6.07) is 0. The number of hydrogen-bond donors (Lipinski definition) is 3. The minimum absolute atomic E-state index is 0.0442. The van der Waals surface area contributed by atoms with Crippen molar-refractivity contribution < 1.29 is 53.2 Å². The fourth-order valence-corrected chi connectivity index (χ4v) is 2.13. The molecule has 0 saturated heterocycles. The van der Waals surface area contributed by atoms with E-state index in [1.54, 1.807) is 7.11 Å². The summed E-state index contributed by atoms with van der Waals surface area (Å²) in [6.45, 7) is 4.23. The Kier molecular flexibility index (Phi) is 24.5. The fraction of sp³-hybridized carbons (Fsp3) is 1.00. The smallest absolute Gasteiger partial charge is 0.104 e. The summed E-state index contributed by atoms with van der Waals surface area (Å²) in [5, 5.41) is 26.3. The van der Waals surface area contributed by atoms with E-state index in [-0.39, 0.29) is 65.1 Å². The summed E-state index contributed by atoms with van der Waals surface area (Å²) in [4.78, 5) is 0. The van der Waals surface area contributed by atoms with Crippen molar-refractivity contribution in [3.63, 3.8) is 0 Å². The van der Waals surface area contributed by atoms with Crippen LogP contribution in [0.3, 0.4) is 0 Å². The summed E-state index contributed by atoms with van der Waals surface area (Å²) in [5.74, 6) is 0. The van der Waals surface area contributed by atoms with Gasteiger partial charge >= 0.3 is 0 Å². The maximum absolute atomic E-state index is 8.80. The molecule has 0 heterocycles. The monoisotopic (exact) mass is 444 g/mol. The topological polar surface area (TPSA) is 135 Å². The highest BCUT2D eigenvalue weighted by Gasteiger charge is 2.11. The number of aliphatic hydroxyl groups is 3. The molecule has 0 aliphatic carbocycles. The van der Waals surface area contributed by atoms with Crippen molar-refractivity contribution in [1.82, 2.24) is 0 Å². The fourth-order valence-electron chi connectivity index (χ4n) is 2.13. The SMILES string of the molecule is COCCOCC(COCCO)OCCOCCOC(COCCO)COCCO. The third kappa shape index (κ3) is 20.8. The minimum Gasteiger partial charge on any atom is -0.394 e. The van der Waals surface area contributed by atoms with Gasteiger partial charge < -0.3 is 53.2 Å². The Morgan fingerprint density at radius 1 is 0.467 bits per heavy atom. The number of hydrogen-bond acceptors (Lipinski definition) is 11. The van der Waals surface area contributed by atoms with Crippen LogP contribution in [0.1, 0.15) is 0 Å². The predicted octanol–water partition coefficient (Wildman–Crippen LogP) is -1.54. The quantitative estimate of drug-likeness (QED) is 0.141. The molecule has 0 aliphatic heterocycles. The van der Waals surface area contributed by atoms with Gasteiger partial charge in [0.25, 0.3) is 0 Å². The summed E-state index contributed by atoms with van der Waals surface area (Å²) >= 11 is 0. The van der Waals surface area contributed by atoms with Gasteiger partial charge in [-0.1, -0.05) is 0 Å². The normalized spacial score (nSPS) is 12.7. The largest absolute Gasteiger partial charge is 0.394 e. The van der Waals surface area contributed by atoms with Gasteiger partial charge in [0.05, 0.1) is 106 Å². The van der Waals surface area contributed by atoms with Crippen LogP contribution in [0.5, 0.6) is 0 Å². The molecule has 0 aromatic carbocycles. The first-order valence-electron chi connectivity index (χ1n) is 10.2. The maximum Gasteiger partial charge on any atom is 0.104 e. The molecule has 11 nitrogen and oxygen atoms in total. The Morgan fingerprint density at radius 2 is 0.833 bits per heavy atom. The molecule has 0 fully saturated rings. The van der Waals surface area contributed by atoms with Crippen LogP contribution in [-0.4, -0.2) is 140 Å². The van der Waals surface area contributed by atoms with Gasteiger partial charge in [0.15, 0.2) is 0 Å². The lowest BCUT2D eigenvalue weighted by Gasteiger charge is -2.19. The number of rotatable bonds is 25. The maximum atomic E-state index is 8.80. The van der Waals surface area contributed by atoms with Crippen LogP contribution in [0.25, 0.3) is 0 Å². The van der Waals surface area contributed by atoms with E-state index in [1.165, 1.54) is 0 Å². The zero-order valence-corrected chi connectivity index (χ0v) is 18.1. The van der Waals surface area contributed by atoms with Gasteiger partial charge in [-0.05, 0) is 0 Å². The van der Waals surface area contributed by atoms with Crippen LogP contribution in [0.15, 0.2) is 0 Å². The van der Waals surface area contributed by atoms with Crippen molar-refractivity contribution in [1.29, 1.82) is 0 Å². The highest BCUT2D eigenvalue weighted by Crippen LogP contribution is 1.98. The molecular formula is C19H40O11. The summed E-state index contributed by atoms with van der Waals surface area (Å²) in [7, 11) is 1.61. The molecule has 0 radical (unpaired) electrons. The molecule has 1 unspecified atom stereocenters. The van der Waals surface area contributed by atoms with E-state index in [0.717, 1.165) is 0 Å². The van der Waals surface area contributed by atoms with Crippen molar-refractivity contribution in [2.45, 2.75) is 12.2 Å². The zero-order chi connectivity index (χ0) is 22.1. The van der Waals surface area contributed by atoms with Crippen molar-refractivity contribution in [3.8, 4) is 0 Å². The Labute approximate surface area is 179 Å². The Hall–Kier alpha value is -0.440. The van der Waals surface area contributed by atoms with Crippen LogP contribution in [0.4, 0.5) is 0 Å². The second kappa shape index (κ2) is 24.8. The van der Waals surface area contributed by atoms with Crippen LogP contribution < -0.4 is 0 Å². The third-order valence-corrected chi connectivity index (χ3v) is 3.52. The van der Waals surface area contributed by atoms with E-state index in [9.17, 15) is 0 Å². The molecule has 3 N–H and O–H groups in total. The van der Waals surface area contributed by atoms with Gasteiger partial charge in [0, 0.05) is 7.11 Å². The number of aliphatic hydroxyl groups excluding tert-OH is 3. The Morgan fingerprint density at radius 3 is 1.20 bits per heavy atom. The molecule has 182 valence electrons. The van der Waals surface area contributed by atoms with E-state index in [1.807, 2.05) is 0 Å². The van der Waals surface area contributed by atoms with E-state index in [2.05, 4.69) is 0 Å². The van der Waals surface area contributed by atoms with Crippen LogP contribution in [0, 0.1) is 0 Å². The second-order valence-corrected chi connectivity index (χ2v) is 6.06. The van der Waals surface area contributed by atoms with Crippen LogP contribution >= 0.6 is 0 Å². The minimum atomic E-state index is -0.305. The average molecular weight is 445 g/mol. The summed E-state index contributed by atoms with van der Waals surface area (Å²) < 4.78 is 43.1. The van der Waals surface area contributed by atoms with E-state index in [4.69, 9.17) is 53.2 Å².